The molecule has 0 aromatic carbocycles. The summed E-state index contributed by atoms with van der Waals surface area (Å²) in [6.45, 7) is 7.47. The summed E-state index contributed by atoms with van der Waals surface area (Å²) in [5.74, 6) is 0.0528. The molecule has 1 aromatic rings. The van der Waals surface area contributed by atoms with E-state index < -0.39 is 5.54 Å². The van der Waals surface area contributed by atoms with Gasteiger partial charge in [0.1, 0.15) is 5.54 Å². The summed E-state index contributed by atoms with van der Waals surface area (Å²) in [4.78, 5) is 12.8. The molecular weight excluding hydrogens is 351 g/mol. The number of carbonyl (C=O) groups excluding carboxylic acids is 1. The van der Waals surface area contributed by atoms with E-state index in [0.717, 1.165) is 19.4 Å². The Morgan fingerprint density at radius 1 is 1.50 bits per heavy atom. The molecule has 3 N–H and O–H groups in total. The van der Waals surface area contributed by atoms with Crippen molar-refractivity contribution in [2.75, 3.05) is 6.61 Å². The molecule has 2 heterocycles. The third-order valence-corrected chi connectivity index (χ3v) is 5.46. The van der Waals surface area contributed by atoms with Gasteiger partial charge in [0.15, 0.2) is 0 Å². The minimum Gasteiger partial charge on any atom is -0.377 e. The van der Waals surface area contributed by atoms with E-state index in [1.165, 1.54) is 0 Å². The molecule has 0 radical (unpaired) electrons. The van der Waals surface area contributed by atoms with Crippen molar-refractivity contribution < 1.29 is 9.53 Å². The molecule has 0 spiro atoms. The molecule has 2 fully saturated rings. The summed E-state index contributed by atoms with van der Waals surface area (Å²) in [5, 5.41) is 7.24. The van der Waals surface area contributed by atoms with Crippen LogP contribution in [-0.4, -0.2) is 40.0 Å². The molecule has 1 saturated heterocycles. The molecule has 3 rings (SSSR count). The lowest BCUT2D eigenvalue weighted by Gasteiger charge is -2.65. The van der Waals surface area contributed by atoms with Crippen molar-refractivity contribution in [3.05, 3.63) is 18.5 Å². The van der Waals surface area contributed by atoms with Gasteiger partial charge in [0.2, 0.25) is 5.91 Å². The first-order valence-electron chi connectivity index (χ1n) is 8.06. The Bertz CT molecular complexity index is 552. The Balaban J connectivity index is 0.00000144. The number of fused-ring (bicyclic) bond motifs is 1. The van der Waals surface area contributed by atoms with Crippen molar-refractivity contribution >= 4 is 30.7 Å². The highest BCUT2D eigenvalue weighted by atomic mass is 35.5. The second kappa shape index (κ2) is 7.60. The molecule has 1 aliphatic carbocycles. The topological polar surface area (TPSA) is 82.2 Å². The summed E-state index contributed by atoms with van der Waals surface area (Å²) in [7, 11) is 0. The van der Waals surface area contributed by atoms with Gasteiger partial charge in [-0.1, -0.05) is 13.8 Å². The minimum absolute atomic E-state index is 0. The Morgan fingerprint density at radius 2 is 2.21 bits per heavy atom. The number of carbonyl (C=O) groups is 1. The predicted octanol–water partition coefficient (Wildman–Crippen LogP) is 1.76. The van der Waals surface area contributed by atoms with Crippen LogP contribution in [0.3, 0.4) is 0 Å². The Hall–Kier alpha value is -0.820. The molecule has 0 bridgehead atoms. The first-order chi connectivity index (χ1) is 10.4. The average Bonchev–Trinajstić information content (AvgIpc) is 2.98. The summed E-state index contributed by atoms with van der Waals surface area (Å²) in [5.41, 5.74) is 5.40. The van der Waals surface area contributed by atoms with Crippen molar-refractivity contribution in [3.8, 4) is 0 Å². The van der Waals surface area contributed by atoms with Crippen molar-refractivity contribution in [3.63, 3.8) is 0 Å². The number of rotatable bonds is 4. The molecule has 4 atom stereocenters. The zero-order valence-corrected chi connectivity index (χ0v) is 16.0. The van der Waals surface area contributed by atoms with Crippen LogP contribution in [0.1, 0.15) is 33.6 Å². The van der Waals surface area contributed by atoms with Crippen LogP contribution in [-0.2, 0) is 16.1 Å². The third-order valence-electron chi connectivity index (χ3n) is 5.46. The van der Waals surface area contributed by atoms with Gasteiger partial charge < -0.3 is 15.8 Å². The van der Waals surface area contributed by atoms with E-state index in [2.05, 4.69) is 10.4 Å². The van der Waals surface area contributed by atoms with E-state index in [4.69, 9.17) is 10.5 Å². The van der Waals surface area contributed by atoms with E-state index in [1.54, 1.807) is 6.20 Å². The minimum atomic E-state index is -0.851. The van der Waals surface area contributed by atoms with Crippen LogP contribution in [0.2, 0.25) is 0 Å². The molecule has 1 saturated carbocycles. The van der Waals surface area contributed by atoms with Crippen LogP contribution in [0.25, 0.3) is 0 Å². The quantitative estimate of drug-likeness (QED) is 0.835. The monoisotopic (exact) mass is 378 g/mol. The molecule has 138 valence electrons. The van der Waals surface area contributed by atoms with Crippen LogP contribution >= 0.6 is 24.8 Å². The van der Waals surface area contributed by atoms with E-state index >= 15 is 0 Å². The fourth-order valence-corrected chi connectivity index (χ4v) is 4.11. The predicted molar refractivity (Wildman–Crippen MR) is 97.5 cm³/mol. The first-order valence-corrected chi connectivity index (χ1v) is 8.06. The van der Waals surface area contributed by atoms with E-state index in [1.807, 2.05) is 37.7 Å². The molecule has 2 aliphatic rings. The summed E-state index contributed by atoms with van der Waals surface area (Å²) in [6.07, 6.45) is 5.66. The van der Waals surface area contributed by atoms with Crippen molar-refractivity contribution in [2.24, 2.45) is 17.1 Å². The molecule has 8 heteroatoms. The zero-order valence-electron chi connectivity index (χ0n) is 14.4. The normalized spacial score (nSPS) is 31.5. The molecule has 1 aliphatic heterocycles. The van der Waals surface area contributed by atoms with Gasteiger partial charge in [-0.05, 0) is 25.8 Å². The van der Waals surface area contributed by atoms with Gasteiger partial charge in [-0.25, -0.2) is 0 Å². The highest BCUT2D eigenvalue weighted by Crippen LogP contribution is 2.57. The molecule has 24 heavy (non-hydrogen) atoms. The summed E-state index contributed by atoms with van der Waals surface area (Å²) in [6, 6.07) is 1.85. The van der Waals surface area contributed by atoms with E-state index in [-0.39, 0.29) is 54.2 Å². The molecule has 1 amide bonds. The van der Waals surface area contributed by atoms with Crippen LogP contribution in [0.5, 0.6) is 0 Å². The average molecular weight is 379 g/mol. The lowest BCUT2D eigenvalue weighted by Crippen LogP contribution is -2.82. The van der Waals surface area contributed by atoms with Crippen molar-refractivity contribution in [1.29, 1.82) is 0 Å². The Morgan fingerprint density at radius 3 is 2.83 bits per heavy atom. The second-order valence-electron chi connectivity index (χ2n) is 7.23. The SMILES string of the molecule is CC(Cn1cccn1)NC(=O)C1(N)C2CCCOC2C1(C)C.Cl.Cl. The number of nitrogens with zero attached hydrogens (tertiary/aromatic N) is 2. The largest absolute Gasteiger partial charge is 0.377 e. The van der Waals surface area contributed by atoms with Crippen LogP contribution in [0.15, 0.2) is 18.5 Å². The van der Waals surface area contributed by atoms with Gasteiger partial charge in [0, 0.05) is 36.4 Å². The van der Waals surface area contributed by atoms with Crippen molar-refractivity contribution in [1.82, 2.24) is 15.1 Å². The fourth-order valence-electron chi connectivity index (χ4n) is 4.11. The first kappa shape index (κ1) is 21.2. The highest BCUT2D eigenvalue weighted by molar-refractivity contribution is 5.89. The van der Waals surface area contributed by atoms with Gasteiger partial charge in [-0.2, -0.15) is 5.10 Å². The lowest BCUT2D eigenvalue weighted by molar-refractivity contribution is -0.225. The molecule has 1 aromatic heterocycles. The van der Waals surface area contributed by atoms with Crippen LogP contribution < -0.4 is 11.1 Å². The summed E-state index contributed by atoms with van der Waals surface area (Å²) < 4.78 is 7.67. The van der Waals surface area contributed by atoms with Gasteiger partial charge in [0.05, 0.1) is 12.6 Å². The smallest absolute Gasteiger partial charge is 0.241 e. The number of halogens is 2. The number of nitrogens with two attached hydrogens (primary N) is 1. The molecular formula is C16H28Cl2N4O2. The molecule has 4 unspecified atom stereocenters. The number of hydrogen-bond acceptors (Lipinski definition) is 4. The second-order valence-corrected chi connectivity index (χ2v) is 7.23. The number of amides is 1. The third kappa shape index (κ3) is 3.17. The van der Waals surface area contributed by atoms with Gasteiger partial charge in [-0.15, -0.1) is 24.8 Å². The van der Waals surface area contributed by atoms with E-state index in [0.29, 0.717) is 6.54 Å². The van der Waals surface area contributed by atoms with E-state index in [9.17, 15) is 4.79 Å². The number of ether oxygens (including phenoxy) is 1. The number of hydrogen-bond donors (Lipinski definition) is 2. The molecule has 6 nitrogen and oxygen atoms in total. The van der Waals surface area contributed by atoms with Gasteiger partial charge in [0.25, 0.3) is 0 Å². The van der Waals surface area contributed by atoms with Gasteiger partial charge in [-0.3, -0.25) is 9.48 Å². The summed E-state index contributed by atoms with van der Waals surface area (Å²) >= 11 is 0. The lowest BCUT2D eigenvalue weighted by atomic mass is 9.46. The van der Waals surface area contributed by atoms with Crippen LogP contribution in [0, 0.1) is 11.3 Å². The Kier molecular flexibility index (Phi) is 6.72. The maximum Gasteiger partial charge on any atom is 0.241 e. The highest BCUT2D eigenvalue weighted by Gasteiger charge is 2.70. The van der Waals surface area contributed by atoms with Crippen molar-refractivity contribution in [2.45, 2.75) is 57.8 Å². The standard InChI is InChI=1S/C16H26N4O2.2ClH/c1-11(10-20-8-5-7-18-20)19-14(21)16(17)12-6-4-9-22-13(12)15(16,2)3;;/h5,7-8,11-13H,4,6,9-10,17H2,1-3H3,(H,19,21);2*1H. The number of nitrogens with one attached hydrogen (secondary N) is 1. The zero-order chi connectivity index (χ0) is 16.0. The number of aromatic nitrogens is 2. The maximum absolute atomic E-state index is 12.8. The maximum atomic E-state index is 12.8. The van der Waals surface area contributed by atoms with Crippen LogP contribution in [0.4, 0.5) is 0 Å². The van der Waals surface area contributed by atoms with Gasteiger partial charge >= 0.3 is 0 Å². The fraction of sp³-hybridized carbons (Fsp3) is 0.750. The Labute approximate surface area is 155 Å².